The first-order valence-electron chi connectivity index (χ1n) is 10.9. The Kier molecular flexibility index (Phi) is 7.98. The predicted molar refractivity (Wildman–Crippen MR) is 121 cm³/mol. The topological polar surface area (TPSA) is 150 Å². The van der Waals surface area contributed by atoms with E-state index in [9.17, 15) is 22.8 Å². The number of hydrogen-bond donors (Lipinski definition) is 4. The van der Waals surface area contributed by atoms with E-state index in [1.54, 1.807) is 32.0 Å². The second-order valence-electron chi connectivity index (χ2n) is 8.38. The predicted octanol–water partition coefficient (Wildman–Crippen LogP) is 0.462. The van der Waals surface area contributed by atoms with E-state index in [0.29, 0.717) is 18.7 Å². The number of amides is 2. The third-order valence-corrected chi connectivity index (χ3v) is 6.85. The molecule has 1 aliphatic heterocycles. The molecule has 4 N–H and O–H groups in total. The molecule has 2 amide bonds. The molecule has 0 aliphatic carbocycles. The number of H-pyrrole nitrogens is 1. The number of nitrogens with zero attached hydrogens (tertiary/aromatic N) is 1. The van der Waals surface area contributed by atoms with Crippen LogP contribution in [0.25, 0.3) is 0 Å². The maximum Gasteiger partial charge on any atom is 0.289 e. The maximum absolute atomic E-state index is 13.1. The van der Waals surface area contributed by atoms with Crippen LogP contribution in [0.3, 0.4) is 0 Å². The monoisotopic (exact) mass is 475 g/mol. The van der Waals surface area contributed by atoms with Gasteiger partial charge in [0.25, 0.3) is 5.91 Å². The molecule has 0 saturated carbocycles. The highest BCUT2D eigenvalue weighted by Crippen LogP contribution is 2.13. The summed E-state index contributed by atoms with van der Waals surface area (Å²) in [5.41, 5.74) is 1.44. The number of aromatic amines is 1. The smallest absolute Gasteiger partial charge is 0.289 e. The van der Waals surface area contributed by atoms with E-state index in [4.69, 9.17) is 0 Å². The lowest BCUT2D eigenvalue weighted by Gasteiger charge is -2.24. The van der Waals surface area contributed by atoms with E-state index in [2.05, 4.69) is 25.6 Å². The van der Waals surface area contributed by atoms with Crippen LogP contribution in [-0.2, 0) is 37.2 Å². The molecule has 2 aromatic rings. The molecule has 1 aliphatic rings. The Morgan fingerprint density at radius 1 is 1.15 bits per heavy atom. The van der Waals surface area contributed by atoms with E-state index in [0.717, 1.165) is 18.5 Å². The zero-order chi connectivity index (χ0) is 24.0. The van der Waals surface area contributed by atoms with Crippen molar-refractivity contribution in [3.05, 3.63) is 47.8 Å². The summed E-state index contributed by atoms with van der Waals surface area (Å²) in [6.07, 6.45) is 2.26. The number of aromatic nitrogens is 2. The van der Waals surface area contributed by atoms with Gasteiger partial charge in [-0.05, 0) is 43.4 Å². The van der Waals surface area contributed by atoms with E-state index in [1.807, 2.05) is 6.07 Å². The summed E-state index contributed by atoms with van der Waals surface area (Å²) in [6.45, 7) is 3.72. The van der Waals surface area contributed by atoms with Gasteiger partial charge in [-0.3, -0.25) is 19.5 Å². The third kappa shape index (κ3) is 6.48. The van der Waals surface area contributed by atoms with Gasteiger partial charge in [-0.1, -0.05) is 32.0 Å². The molecule has 10 nitrogen and oxygen atoms in total. The van der Waals surface area contributed by atoms with Crippen LogP contribution in [0.15, 0.2) is 41.3 Å². The fourth-order valence-electron chi connectivity index (χ4n) is 3.54. The van der Waals surface area contributed by atoms with Crippen molar-refractivity contribution < 1.29 is 22.8 Å². The molecule has 2 bridgehead atoms. The van der Waals surface area contributed by atoms with Crippen LogP contribution in [0.4, 0.5) is 0 Å². The first-order valence-corrected chi connectivity index (χ1v) is 12.4. The summed E-state index contributed by atoms with van der Waals surface area (Å²) < 4.78 is 27.9. The van der Waals surface area contributed by atoms with Gasteiger partial charge in [-0.15, -0.1) is 0 Å². The molecular weight excluding hydrogens is 446 g/mol. The number of sulfonamides is 1. The Morgan fingerprint density at radius 3 is 2.58 bits per heavy atom. The van der Waals surface area contributed by atoms with Crippen LogP contribution in [0.5, 0.6) is 0 Å². The van der Waals surface area contributed by atoms with Crippen molar-refractivity contribution in [3.8, 4) is 0 Å². The lowest BCUT2D eigenvalue weighted by molar-refractivity contribution is -0.140. The molecule has 2 unspecified atom stereocenters. The summed E-state index contributed by atoms with van der Waals surface area (Å²) in [5.74, 6) is -2.69. The van der Waals surface area contributed by atoms with Crippen molar-refractivity contribution in [2.45, 2.75) is 56.5 Å². The third-order valence-electron chi connectivity index (χ3n) is 5.39. The van der Waals surface area contributed by atoms with E-state index in [1.165, 1.54) is 12.1 Å². The van der Waals surface area contributed by atoms with E-state index in [-0.39, 0.29) is 11.3 Å². The molecule has 0 radical (unpaired) electrons. The number of fused-ring (bicyclic) bond motifs is 2. The van der Waals surface area contributed by atoms with Crippen molar-refractivity contribution >= 4 is 27.6 Å². The van der Waals surface area contributed by atoms with E-state index < -0.39 is 45.6 Å². The molecule has 2 atom stereocenters. The van der Waals surface area contributed by atoms with Crippen molar-refractivity contribution in [1.82, 2.24) is 25.6 Å². The van der Waals surface area contributed by atoms with Crippen molar-refractivity contribution in [1.29, 1.82) is 0 Å². The molecule has 178 valence electrons. The Labute approximate surface area is 193 Å². The molecule has 0 spiro atoms. The summed E-state index contributed by atoms with van der Waals surface area (Å²) in [7, 11) is -3.97. The molecule has 0 saturated heterocycles. The molecular formula is C22H29N5O5S. The Hall–Kier alpha value is -3.05. The Bertz CT molecular complexity index is 1100. The number of ketones is 1. The van der Waals surface area contributed by atoms with Crippen LogP contribution in [-0.4, -0.2) is 54.8 Å². The summed E-state index contributed by atoms with van der Waals surface area (Å²) in [4.78, 5) is 38.3. The highest BCUT2D eigenvalue weighted by Gasteiger charge is 2.33. The van der Waals surface area contributed by atoms with Gasteiger partial charge in [-0.25, -0.2) is 8.42 Å². The second kappa shape index (κ2) is 10.7. The van der Waals surface area contributed by atoms with Gasteiger partial charge in [0.15, 0.2) is 0 Å². The Morgan fingerprint density at radius 2 is 1.88 bits per heavy atom. The zero-order valence-corrected chi connectivity index (χ0v) is 19.4. The first kappa shape index (κ1) is 24.6. The molecule has 3 rings (SSSR count). The van der Waals surface area contributed by atoms with Crippen LogP contribution >= 0.6 is 0 Å². The van der Waals surface area contributed by atoms with Crippen LogP contribution in [0.1, 0.15) is 38.1 Å². The number of benzene rings is 1. The minimum Gasteiger partial charge on any atom is -0.349 e. The molecule has 1 aromatic heterocycles. The Balaban J connectivity index is 1.81. The van der Waals surface area contributed by atoms with Gasteiger partial charge in [0, 0.05) is 18.7 Å². The van der Waals surface area contributed by atoms with Crippen molar-refractivity contribution in [2.75, 3.05) is 6.54 Å². The first-order chi connectivity index (χ1) is 15.7. The van der Waals surface area contributed by atoms with Crippen LogP contribution in [0, 0.1) is 5.92 Å². The van der Waals surface area contributed by atoms with Crippen molar-refractivity contribution in [3.63, 3.8) is 0 Å². The highest BCUT2D eigenvalue weighted by molar-refractivity contribution is 7.89. The SMILES string of the molecule is CC(C)C(NS(=O)(=O)c1ccccc1)C(=O)NC1Cc2cc(n[nH]2)CCCCNC(=O)C1=O. The van der Waals surface area contributed by atoms with Gasteiger partial charge < -0.3 is 10.6 Å². The summed E-state index contributed by atoms with van der Waals surface area (Å²) in [5, 5.41) is 12.2. The van der Waals surface area contributed by atoms with Crippen LogP contribution in [0.2, 0.25) is 0 Å². The normalized spacial score (nSPS) is 18.7. The van der Waals surface area contributed by atoms with Gasteiger partial charge in [0.1, 0.15) is 12.1 Å². The minimum atomic E-state index is -3.97. The average Bonchev–Trinajstić information content (AvgIpc) is 3.23. The van der Waals surface area contributed by atoms with Crippen molar-refractivity contribution in [2.24, 2.45) is 5.92 Å². The lowest BCUT2D eigenvalue weighted by Crippen LogP contribution is -2.56. The lowest BCUT2D eigenvalue weighted by atomic mass is 10.0. The average molecular weight is 476 g/mol. The molecule has 2 heterocycles. The molecule has 0 fully saturated rings. The summed E-state index contributed by atoms with van der Waals surface area (Å²) in [6, 6.07) is 7.19. The maximum atomic E-state index is 13.1. The van der Waals surface area contributed by atoms with Gasteiger partial charge >= 0.3 is 0 Å². The van der Waals surface area contributed by atoms with Crippen LogP contribution < -0.4 is 15.4 Å². The van der Waals surface area contributed by atoms with Gasteiger partial charge in [0.2, 0.25) is 21.7 Å². The molecule has 1 aromatic carbocycles. The number of rotatable bonds is 6. The van der Waals surface area contributed by atoms with Gasteiger partial charge in [0.05, 0.1) is 10.6 Å². The number of hydrogen-bond acceptors (Lipinski definition) is 6. The molecule has 33 heavy (non-hydrogen) atoms. The largest absolute Gasteiger partial charge is 0.349 e. The summed E-state index contributed by atoms with van der Waals surface area (Å²) >= 11 is 0. The molecule has 11 heteroatoms. The number of aryl methyl sites for hydroxylation is 1. The number of carbonyl (C=O) groups is 3. The zero-order valence-electron chi connectivity index (χ0n) is 18.6. The van der Waals surface area contributed by atoms with E-state index >= 15 is 0 Å². The van der Waals surface area contributed by atoms with Gasteiger partial charge in [-0.2, -0.15) is 9.82 Å². The fourth-order valence-corrected chi connectivity index (χ4v) is 4.90. The highest BCUT2D eigenvalue weighted by atomic mass is 32.2. The minimum absolute atomic E-state index is 0.0231. The fraction of sp³-hybridized carbons (Fsp3) is 0.455. The standard InChI is InChI=1S/C22H29N5O5S/c1-14(2)19(27-33(31,32)17-9-4-3-5-10-17)21(29)24-18-13-16-12-15(25-26-16)8-6-7-11-23-22(30)20(18)28/h3-5,9-10,12,14,18-19,27H,6-8,11,13H2,1-2H3,(H,23,30)(H,24,29)(H,25,26). The number of carbonyl (C=O) groups excluding carboxylic acids is 3. The number of Topliss-reactive ketones (excluding diaryl/α,β-unsaturated/α-hetero) is 1. The second-order valence-corrected chi connectivity index (χ2v) is 10.1. The number of nitrogens with one attached hydrogen (secondary N) is 4. The quantitative estimate of drug-likeness (QED) is 0.446.